The van der Waals surface area contributed by atoms with Crippen LogP contribution in [0.1, 0.15) is 110 Å². The zero-order chi connectivity index (χ0) is 91.1. The third kappa shape index (κ3) is 20.2. The van der Waals surface area contributed by atoms with Crippen LogP contribution in [-0.2, 0) is 68.6 Å². The van der Waals surface area contributed by atoms with Gasteiger partial charge in [0, 0.05) is 63.6 Å². The van der Waals surface area contributed by atoms with Crippen LogP contribution in [0.25, 0.3) is 21.6 Å². The van der Waals surface area contributed by atoms with Gasteiger partial charge in [0.05, 0.1) is 41.3 Å². The molecule has 8 aliphatic heterocycles. The van der Waals surface area contributed by atoms with E-state index in [0.717, 1.165) is 84.9 Å². The fourth-order valence-electron chi connectivity index (χ4n) is 15.7. The average Bonchev–Trinajstić information content (AvgIpc) is 0.814. The van der Waals surface area contributed by atoms with E-state index in [1.807, 2.05) is 0 Å². The Hall–Kier alpha value is -10.6. The molecule has 1 aromatic heterocycles. The molecule has 3 fully saturated rings. The van der Waals surface area contributed by atoms with Gasteiger partial charge >= 0.3 is 5.97 Å². The lowest BCUT2D eigenvalue weighted by molar-refractivity contribution is -0.350. The number of carboxylic acid groups (broad SMARTS) is 1. The van der Waals surface area contributed by atoms with Crippen LogP contribution in [0, 0.1) is 17.6 Å². The average molecular weight is 1820 g/mol. The third-order valence-corrected chi connectivity index (χ3v) is 23.9. The molecule has 23 atom stereocenters. The van der Waals surface area contributed by atoms with Gasteiger partial charge in [0.25, 0.3) is 0 Å². The first-order valence-corrected chi connectivity index (χ1v) is 41.1. The number of fused-ring (bicyclic) bond motifs is 15. The number of phenolic OH excluding ortho intramolecular Hbond substituents is 3. The summed E-state index contributed by atoms with van der Waals surface area (Å²) in [6.45, 7) is 5.16. The number of aromatic hydroxyl groups is 3. The highest BCUT2D eigenvalue weighted by Gasteiger charge is 2.53. The topological polar surface area (TPSA) is 601 Å². The molecule has 8 aliphatic rings. The predicted octanol–water partition coefficient (Wildman–Crippen LogP) is 1.73. The third-order valence-electron chi connectivity index (χ3n) is 22.1. The summed E-state index contributed by atoms with van der Waals surface area (Å²) in [6.07, 6.45) is -29.7. The van der Waals surface area contributed by atoms with E-state index in [0.29, 0.717) is 9.75 Å². The molecule has 1 unspecified atom stereocenters. The van der Waals surface area contributed by atoms with Gasteiger partial charge in [-0.1, -0.05) is 55.2 Å². The number of likely N-dealkylation sites (N-methyl/N-ethyl adjacent to an activating group) is 1. The first-order chi connectivity index (χ1) is 59.7. The second kappa shape index (κ2) is 38.5. The summed E-state index contributed by atoms with van der Waals surface area (Å²) in [7, 11) is 1.45. The summed E-state index contributed by atoms with van der Waals surface area (Å²) in [5.41, 5.74) is 8.15. The molecule has 7 aromatic rings. The number of primary amides is 1. The zero-order valence-electron chi connectivity index (χ0n) is 67.4. The molecule has 9 heterocycles. The maximum Gasteiger partial charge on any atom is 0.330 e. The number of aliphatic hydroxyl groups excluding tert-OH is 8. The number of carbonyl (C=O) groups excluding carboxylic acids is 7. The number of nitrogens with one attached hydrogen (secondary N) is 8. The molecule has 0 saturated carbocycles. The Bertz CT molecular complexity index is 5290. The predicted molar refractivity (Wildman–Crippen MR) is 436 cm³/mol. The Labute approximate surface area is 729 Å². The van der Waals surface area contributed by atoms with E-state index < -0.39 is 296 Å². The highest BCUT2D eigenvalue weighted by Crippen LogP contribution is 2.51. The second-order valence-corrected chi connectivity index (χ2v) is 33.9. The number of carbonyl (C=O) groups is 8. The molecule has 7 amide bonds. The fourth-order valence-corrected chi connectivity index (χ4v) is 17.1. The molecule has 15 rings (SSSR count). The lowest BCUT2D eigenvalue weighted by Gasteiger charge is -2.46. The van der Waals surface area contributed by atoms with Crippen molar-refractivity contribution < 1.29 is 146 Å². The van der Waals surface area contributed by atoms with E-state index in [4.69, 9.17) is 72.6 Å². The molecule has 6 aromatic carbocycles. The molecule has 43 heteroatoms. The highest BCUT2D eigenvalue weighted by atomic mass is 35.5. The smallest absolute Gasteiger partial charge is 0.330 e. The van der Waals surface area contributed by atoms with Gasteiger partial charge in [-0.15, -0.1) is 11.3 Å². The van der Waals surface area contributed by atoms with Gasteiger partial charge in [-0.05, 0) is 140 Å². The zero-order valence-corrected chi connectivity index (χ0v) is 69.7. The molecule has 38 nitrogen and oxygen atoms in total. The molecule has 11 bridgehead atoms. The van der Waals surface area contributed by atoms with Crippen molar-refractivity contribution >= 4 is 81.9 Å². The van der Waals surface area contributed by atoms with Gasteiger partial charge in [0.15, 0.2) is 30.1 Å². The maximum absolute atomic E-state index is 16.4. The highest BCUT2D eigenvalue weighted by molar-refractivity contribution is 7.15. The van der Waals surface area contributed by atoms with E-state index in [1.165, 1.54) is 44.4 Å². The van der Waals surface area contributed by atoms with Gasteiger partial charge in [-0.3, -0.25) is 33.6 Å². The summed E-state index contributed by atoms with van der Waals surface area (Å²) in [5, 5.41) is 159. The van der Waals surface area contributed by atoms with Crippen LogP contribution in [0.15, 0.2) is 109 Å². The van der Waals surface area contributed by atoms with Gasteiger partial charge in [-0.2, -0.15) is 0 Å². The normalized spacial score (nSPS) is 29.6. The van der Waals surface area contributed by atoms with E-state index in [2.05, 4.69) is 42.5 Å². The molecule has 24 N–H and O–H groups in total. The largest absolute Gasteiger partial charge is 0.508 e. The Balaban J connectivity index is 0.964. The van der Waals surface area contributed by atoms with Crippen LogP contribution in [0.5, 0.6) is 46.0 Å². The van der Waals surface area contributed by atoms with Gasteiger partial charge in [0.2, 0.25) is 53.4 Å². The minimum Gasteiger partial charge on any atom is -0.508 e. The van der Waals surface area contributed by atoms with Crippen LogP contribution in [0.3, 0.4) is 0 Å². The molecular weight excluding hydrogens is 1730 g/mol. The number of hydrogen-bond acceptors (Lipinski definition) is 31. The lowest BCUT2D eigenvalue weighted by Crippen LogP contribution is -2.65. The van der Waals surface area contributed by atoms with Crippen LogP contribution < -0.4 is 68.2 Å². The van der Waals surface area contributed by atoms with Crippen molar-refractivity contribution in [3.8, 4) is 67.6 Å². The minimum atomic E-state index is -2.44. The standard InChI is InChI=1S/C83H92Cl2F2N10O28S/c1-30(2)14-45(90-5)74(110)96-62-64(103)33-7-11-49(43(84)18-33)119-51-20-36-21-52(71(51)124-82-69(108)67(106)72(54(29-98)122-82)125-81-68(107)66(105)65(104)53(121-81)28-91-27-40-9-13-55(126-40)35-15-37(86)22-38(87)16-35)120-50-12-8-34(19-44(50)85)70(123-57-26-83(4,89)73(109)31(3)118-57)63-79(115)95-61(80(116)117)42-23-39(99)24-48(101)58(42)41-17-32(6-10-47(41)100)59(76(112)97-63)94-77(113)60(36)93-75(111)46(25-56(88)102)92-78(62)114/h6-13,15-24,30-31,45-46,53-54,57,59-70,72-73,81-82,90-91,98-101,103-109H,14,25-29,89H2,1-5H3,(H2,88,102)(H,92,114)(H,93,111)(H,94,113)(H,95,115)(H,96,110)(H,97,112)(H,116,117)/t31-,45+,46-,53+,54+,57-,59+,60+,61+,62+,63-,64+,65-,66-,67+,68+,69+,70+,72+,73-,81+,82?,83-/m0/s1. The van der Waals surface area contributed by atoms with Crippen molar-refractivity contribution in [3.05, 3.63) is 164 Å². The number of aliphatic hydroxyl groups is 8. The number of rotatable bonds is 20. The van der Waals surface area contributed by atoms with Crippen molar-refractivity contribution in [2.45, 2.75) is 193 Å². The molecule has 126 heavy (non-hydrogen) atoms. The number of amides is 7. The number of benzene rings is 6. The first-order valence-electron chi connectivity index (χ1n) is 39.6. The quantitative estimate of drug-likeness (QED) is 0.0517. The molecule has 3 saturated heterocycles. The molecule has 676 valence electrons. The Morgan fingerprint density at radius 1 is 0.667 bits per heavy atom. The summed E-state index contributed by atoms with van der Waals surface area (Å²) in [5.74, 6) is -18.5. The lowest BCUT2D eigenvalue weighted by atomic mass is 9.86. The number of phenols is 3. The first kappa shape index (κ1) is 93.0. The number of hydrogen-bond donors (Lipinski definition) is 22. The summed E-state index contributed by atoms with van der Waals surface area (Å²) >= 11 is 15.7. The monoisotopic (exact) mass is 1820 g/mol. The van der Waals surface area contributed by atoms with Crippen molar-refractivity contribution in [1.82, 2.24) is 42.5 Å². The SMILES string of the molecule is CN[C@H](CC(C)C)C(=O)N[C@H]1C(=O)N[C@@H](CC(N)=O)C(=O)N[C@H]2C(=O)N[C@H]3C(=O)N[C@H](C(=O)N[C@@H](C(=O)O)c4cc(O)cc(O)c4-c4cc3ccc4O)[C@H](O[C@H]3C[C@](C)(N)[C@@H](O)[C@H](C)O3)c3ccc(c(Cl)c3)Oc3cc2cc(c3OC2O[C@H](CO)[C@@H](O[C@H]3O[C@H](CNCc4ccc(-c5cc(F)cc(F)c5)s4)[C@H](O)[C@H](O)[C@H]3O)[C@H](O)[C@H]2O)Oc2ccc(cc2Cl)[C@H]1O. The van der Waals surface area contributed by atoms with Crippen LogP contribution in [0.2, 0.25) is 10.0 Å². The molecule has 0 aliphatic carbocycles. The number of halogens is 4. The van der Waals surface area contributed by atoms with Crippen LogP contribution in [-0.4, -0.2) is 238 Å². The number of aliphatic carboxylic acids is 1. The summed E-state index contributed by atoms with van der Waals surface area (Å²) < 4.78 is 79.4. The van der Waals surface area contributed by atoms with Crippen molar-refractivity contribution in [1.29, 1.82) is 0 Å². The molecular formula is C83H92Cl2F2N10O28S. The van der Waals surface area contributed by atoms with Gasteiger partial charge in [-0.25, -0.2) is 13.6 Å². The Morgan fingerprint density at radius 3 is 1.93 bits per heavy atom. The van der Waals surface area contributed by atoms with Gasteiger partial charge < -0.3 is 153 Å². The van der Waals surface area contributed by atoms with E-state index in [1.54, 1.807) is 26.0 Å². The Kier molecular flexibility index (Phi) is 28.4. The summed E-state index contributed by atoms with van der Waals surface area (Å²) in [4.78, 5) is 121. The summed E-state index contributed by atoms with van der Waals surface area (Å²) in [6, 6.07) is 5.05. The Morgan fingerprint density at radius 2 is 1.29 bits per heavy atom. The molecule has 0 spiro atoms. The van der Waals surface area contributed by atoms with E-state index >= 15 is 24.0 Å². The van der Waals surface area contributed by atoms with Crippen LogP contribution in [0.4, 0.5) is 8.78 Å². The van der Waals surface area contributed by atoms with Gasteiger partial charge in [0.1, 0.15) is 132 Å². The molecule has 0 radical (unpaired) electrons. The number of nitrogens with two attached hydrogens (primary N) is 2. The van der Waals surface area contributed by atoms with Crippen molar-refractivity contribution in [3.63, 3.8) is 0 Å². The fraction of sp³-hybridized carbons (Fsp3) is 0.422. The second-order valence-electron chi connectivity index (χ2n) is 31.9. The number of carboxylic acids is 1. The number of ether oxygens (including phenoxy) is 8. The maximum atomic E-state index is 16.4. The minimum absolute atomic E-state index is 0.0723. The van der Waals surface area contributed by atoms with E-state index in [-0.39, 0.29) is 48.5 Å². The van der Waals surface area contributed by atoms with Crippen molar-refractivity contribution in [2.75, 3.05) is 20.2 Å². The van der Waals surface area contributed by atoms with Crippen molar-refractivity contribution in [2.24, 2.45) is 17.4 Å². The van der Waals surface area contributed by atoms with Crippen LogP contribution >= 0.6 is 34.5 Å². The van der Waals surface area contributed by atoms with E-state index in [9.17, 15) is 84.4 Å². The number of thiophene rings is 1.